The van der Waals surface area contributed by atoms with Crippen molar-refractivity contribution >= 4 is 30.0 Å². The summed E-state index contributed by atoms with van der Waals surface area (Å²) in [7, 11) is 2.22. The van der Waals surface area contributed by atoms with Crippen molar-refractivity contribution in [2.45, 2.75) is 18.9 Å². The van der Waals surface area contributed by atoms with Crippen LogP contribution in [0.4, 0.5) is 0 Å². The van der Waals surface area contributed by atoms with Crippen molar-refractivity contribution in [3.05, 3.63) is 65.8 Å². The van der Waals surface area contributed by atoms with E-state index in [4.69, 9.17) is 0 Å². The predicted molar refractivity (Wildman–Crippen MR) is 115 cm³/mol. The summed E-state index contributed by atoms with van der Waals surface area (Å²) in [5.74, 6) is -6.19. The molecule has 0 radical (unpaired) electrons. The molecule has 184 valence electrons. The first-order valence-electron chi connectivity index (χ1n) is 10.5. The molecule has 2 aliphatic rings. The summed E-state index contributed by atoms with van der Waals surface area (Å²) in [4.78, 5) is 42.7. The highest BCUT2D eigenvalue weighted by Gasteiger charge is 2.21. The van der Waals surface area contributed by atoms with Crippen LogP contribution in [-0.4, -0.2) is 72.9 Å². The van der Waals surface area contributed by atoms with E-state index in [0.717, 1.165) is 0 Å². The molecule has 1 aliphatic heterocycles. The molecule has 0 aromatic heterocycles. The molecule has 1 aliphatic carbocycles. The summed E-state index contributed by atoms with van der Waals surface area (Å²) in [6.07, 6.45) is 8.75. The summed E-state index contributed by atoms with van der Waals surface area (Å²) in [6, 6.07) is 9.43. The first kappa shape index (κ1) is 28.3. The summed E-state index contributed by atoms with van der Waals surface area (Å²) >= 11 is 0. The SMILES string of the molecule is CN1CCN(C2C=Cc3ccccc3CC2)CC1.O=C([O-])/C=C/C(=O)[O-].O=C([O-])/C=C/C(=O)[O-]. The van der Waals surface area contributed by atoms with Gasteiger partial charge in [-0.3, -0.25) is 4.90 Å². The first-order valence-corrected chi connectivity index (χ1v) is 10.5. The van der Waals surface area contributed by atoms with Gasteiger partial charge in [0.2, 0.25) is 0 Å². The fraction of sp³-hybridized carbons (Fsp3) is 0.333. The van der Waals surface area contributed by atoms with E-state index in [1.54, 1.807) is 0 Å². The van der Waals surface area contributed by atoms with Gasteiger partial charge in [0.05, 0.1) is 23.9 Å². The van der Waals surface area contributed by atoms with Gasteiger partial charge in [-0.15, -0.1) is 0 Å². The molecule has 10 nitrogen and oxygen atoms in total. The van der Waals surface area contributed by atoms with Crippen LogP contribution in [0.25, 0.3) is 6.08 Å². The largest absolute Gasteiger partial charge is 0.545 e. The van der Waals surface area contributed by atoms with Crippen LogP contribution in [0.15, 0.2) is 54.6 Å². The molecule has 10 heteroatoms. The topological polar surface area (TPSA) is 167 Å². The lowest BCUT2D eigenvalue weighted by atomic mass is 10.0. The minimum absolute atomic E-state index is 0.384. The molecule has 1 fully saturated rings. The van der Waals surface area contributed by atoms with Crippen LogP contribution in [0.2, 0.25) is 0 Å². The number of carboxylic acids is 4. The van der Waals surface area contributed by atoms with Crippen LogP contribution in [-0.2, 0) is 25.6 Å². The number of carbonyl (C=O) groups excluding carboxylic acids is 4. The molecule has 1 aromatic rings. The molecule has 1 unspecified atom stereocenters. The summed E-state index contributed by atoms with van der Waals surface area (Å²) in [5, 5.41) is 37.7. The van der Waals surface area contributed by atoms with E-state index in [1.807, 2.05) is 0 Å². The molecule has 1 aromatic carbocycles. The van der Waals surface area contributed by atoms with Gasteiger partial charge in [0.1, 0.15) is 0 Å². The zero-order valence-electron chi connectivity index (χ0n) is 18.8. The van der Waals surface area contributed by atoms with Crippen LogP contribution in [0.1, 0.15) is 17.5 Å². The Labute approximate surface area is 197 Å². The Kier molecular flexibility index (Phi) is 12.6. The second-order valence-corrected chi connectivity index (χ2v) is 7.45. The highest BCUT2D eigenvalue weighted by molar-refractivity contribution is 5.88. The number of aliphatic carboxylic acids is 4. The lowest BCUT2D eigenvalue weighted by Crippen LogP contribution is -2.48. The molecular formula is C24H26N2O8-4. The van der Waals surface area contributed by atoms with Gasteiger partial charge in [0.25, 0.3) is 0 Å². The van der Waals surface area contributed by atoms with E-state index < -0.39 is 23.9 Å². The molecule has 0 N–H and O–H groups in total. The number of rotatable bonds is 5. The molecule has 1 atom stereocenters. The predicted octanol–water partition coefficient (Wildman–Crippen LogP) is -3.65. The second kappa shape index (κ2) is 15.1. The fourth-order valence-corrected chi connectivity index (χ4v) is 3.27. The van der Waals surface area contributed by atoms with Gasteiger partial charge in [-0.25, -0.2) is 0 Å². The number of fused-ring (bicyclic) bond motifs is 1. The van der Waals surface area contributed by atoms with Gasteiger partial charge in [-0.05, 0) is 55.3 Å². The number of aryl methyl sites for hydroxylation is 1. The summed E-state index contributed by atoms with van der Waals surface area (Å²) < 4.78 is 0. The highest BCUT2D eigenvalue weighted by atomic mass is 16.4. The third-order valence-corrected chi connectivity index (χ3v) is 4.98. The minimum Gasteiger partial charge on any atom is -0.545 e. The summed E-state index contributed by atoms with van der Waals surface area (Å²) in [5.41, 5.74) is 2.92. The van der Waals surface area contributed by atoms with Gasteiger partial charge in [0, 0.05) is 32.2 Å². The van der Waals surface area contributed by atoms with Gasteiger partial charge >= 0.3 is 0 Å². The van der Waals surface area contributed by atoms with Gasteiger partial charge < -0.3 is 44.5 Å². The first-order chi connectivity index (χ1) is 16.1. The van der Waals surface area contributed by atoms with Crippen molar-refractivity contribution in [3.8, 4) is 0 Å². The van der Waals surface area contributed by atoms with E-state index in [0.29, 0.717) is 30.3 Å². The molecule has 1 saturated heterocycles. The van der Waals surface area contributed by atoms with Crippen molar-refractivity contribution in [1.82, 2.24) is 9.80 Å². The van der Waals surface area contributed by atoms with Crippen molar-refractivity contribution in [2.75, 3.05) is 33.2 Å². The highest BCUT2D eigenvalue weighted by Crippen LogP contribution is 2.22. The van der Waals surface area contributed by atoms with Crippen LogP contribution in [0.3, 0.4) is 0 Å². The molecule has 1 heterocycles. The average Bonchev–Trinajstić information content (AvgIpc) is 3.01. The van der Waals surface area contributed by atoms with Crippen molar-refractivity contribution in [2.24, 2.45) is 0 Å². The van der Waals surface area contributed by atoms with E-state index in [2.05, 4.69) is 53.3 Å². The van der Waals surface area contributed by atoms with Crippen LogP contribution in [0, 0.1) is 0 Å². The number of nitrogens with zero attached hydrogens (tertiary/aromatic N) is 2. The lowest BCUT2D eigenvalue weighted by molar-refractivity contribution is -0.301. The Morgan fingerprint density at radius 2 is 1.26 bits per heavy atom. The standard InChI is InChI=1S/C16H22N2.2C4H4O4/c1-17-10-12-18(13-11-17)16-8-6-14-4-2-3-5-15(14)7-9-16;2*5-3(6)1-2-4(7)8/h2-6,8,16H,7,9-13H2,1H3;2*1-2H,(H,5,6)(H,7,8)/p-4/b;2*2-1+. The number of carboxylic acid groups (broad SMARTS) is 4. The zero-order chi connectivity index (χ0) is 25.5. The van der Waals surface area contributed by atoms with Gasteiger partial charge in [0.15, 0.2) is 0 Å². The molecule has 34 heavy (non-hydrogen) atoms. The molecule has 0 saturated carbocycles. The van der Waals surface area contributed by atoms with Crippen molar-refractivity contribution in [3.63, 3.8) is 0 Å². The fourth-order valence-electron chi connectivity index (χ4n) is 3.27. The lowest BCUT2D eigenvalue weighted by Gasteiger charge is -2.36. The van der Waals surface area contributed by atoms with Gasteiger partial charge in [-0.2, -0.15) is 0 Å². The van der Waals surface area contributed by atoms with Gasteiger partial charge in [-0.1, -0.05) is 36.4 Å². The maximum atomic E-state index is 9.41. The van der Waals surface area contributed by atoms with E-state index >= 15 is 0 Å². The van der Waals surface area contributed by atoms with Crippen molar-refractivity contribution in [1.29, 1.82) is 0 Å². The maximum Gasteiger partial charge on any atom is 0.0643 e. The Bertz CT molecular complexity index is 865. The Balaban J connectivity index is 0.000000304. The smallest absolute Gasteiger partial charge is 0.0643 e. The number of likely N-dealkylation sites (N-methyl/N-ethyl adjacent to an activating group) is 1. The second-order valence-electron chi connectivity index (χ2n) is 7.45. The number of benzene rings is 1. The Morgan fingerprint density at radius 1 is 0.794 bits per heavy atom. The van der Waals surface area contributed by atoms with E-state index in [-0.39, 0.29) is 0 Å². The van der Waals surface area contributed by atoms with Crippen LogP contribution in [0.5, 0.6) is 0 Å². The van der Waals surface area contributed by atoms with Crippen molar-refractivity contribution < 1.29 is 39.6 Å². The van der Waals surface area contributed by atoms with Crippen LogP contribution < -0.4 is 20.4 Å². The Hall–Kier alpha value is -3.76. The average molecular weight is 470 g/mol. The summed E-state index contributed by atoms with van der Waals surface area (Å²) in [6.45, 7) is 4.83. The maximum absolute atomic E-state index is 9.41. The number of hydrogen-bond acceptors (Lipinski definition) is 10. The number of hydrogen-bond donors (Lipinski definition) is 0. The third-order valence-electron chi connectivity index (χ3n) is 4.98. The number of carbonyl (C=O) groups is 4. The third kappa shape index (κ3) is 12.3. The van der Waals surface area contributed by atoms with E-state index in [1.165, 1.54) is 50.1 Å². The zero-order valence-corrected chi connectivity index (χ0v) is 18.8. The molecular weight excluding hydrogens is 444 g/mol. The quantitative estimate of drug-likeness (QED) is 0.391. The molecule has 0 amide bonds. The van der Waals surface area contributed by atoms with E-state index in [9.17, 15) is 39.6 Å². The van der Waals surface area contributed by atoms with Crippen LogP contribution >= 0.6 is 0 Å². The molecule has 0 bridgehead atoms. The molecule has 3 rings (SSSR count). The normalized spacial score (nSPS) is 18.1. The Morgan fingerprint density at radius 3 is 1.74 bits per heavy atom. The number of piperazine rings is 1. The monoisotopic (exact) mass is 470 g/mol. The minimum atomic E-state index is -1.55. The molecule has 0 spiro atoms.